The van der Waals surface area contributed by atoms with Crippen molar-refractivity contribution in [3.63, 3.8) is 0 Å². The highest BCUT2D eigenvalue weighted by molar-refractivity contribution is 7.18. The summed E-state index contributed by atoms with van der Waals surface area (Å²) in [5.41, 5.74) is 9.93. The molecule has 0 saturated carbocycles. The first-order chi connectivity index (χ1) is 13.8. The molecule has 0 saturated heterocycles. The zero-order chi connectivity index (χ0) is 21.0. The molecule has 0 aliphatic heterocycles. The number of pyridine rings is 1. The van der Waals surface area contributed by atoms with Crippen LogP contribution >= 0.6 is 11.3 Å². The number of rotatable bonds is 8. The largest absolute Gasteiger partial charge is 0.494 e. The minimum atomic E-state index is -0.233. The summed E-state index contributed by atoms with van der Waals surface area (Å²) < 4.78 is 5.86. The molecule has 0 aliphatic rings. The monoisotopic (exact) mass is 410 g/mol. The summed E-state index contributed by atoms with van der Waals surface area (Å²) in [6.45, 7) is 8.13. The third kappa shape index (κ3) is 5.14. The number of aromatic nitrogens is 2. The highest BCUT2D eigenvalue weighted by Crippen LogP contribution is 2.36. The Morgan fingerprint density at radius 2 is 1.86 bits per heavy atom. The van der Waals surface area contributed by atoms with Crippen LogP contribution in [0.5, 0.6) is 5.75 Å². The van der Waals surface area contributed by atoms with Crippen LogP contribution in [0.2, 0.25) is 0 Å². The summed E-state index contributed by atoms with van der Waals surface area (Å²) in [7, 11) is 4.15. The van der Waals surface area contributed by atoms with Crippen molar-refractivity contribution in [2.45, 2.75) is 32.6 Å². The van der Waals surface area contributed by atoms with Crippen LogP contribution in [-0.4, -0.2) is 42.1 Å². The van der Waals surface area contributed by atoms with Crippen LogP contribution in [0.15, 0.2) is 42.6 Å². The molecule has 0 bridgehead atoms. The number of ether oxygens (including phenoxy) is 1. The van der Waals surface area contributed by atoms with Crippen LogP contribution in [-0.2, 0) is 5.41 Å². The van der Waals surface area contributed by atoms with E-state index in [1.165, 1.54) is 16.9 Å². The predicted molar refractivity (Wildman–Crippen MR) is 122 cm³/mol. The van der Waals surface area contributed by atoms with Crippen molar-refractivity contribution in [1.29, 1.82) is 0 Å². The Morgan fingerprint density at radius 1 is 1.14 bits per heavy atom. The van der Waals surface area contributed by atoms with Gasteiger partial charge in [0.05, 0.1) is 22.9 Å². The molecule has 2 heterocycles. The van der Waals surface area contributed by atoms with Gasteiger partial charge >= 0.3 is 0 Å². The van der Waals surface area contributed by atoms with Gasteiger partial charge in [-0.15, -0.1) is 0 Å². The average molecular weight is 411 g/mol. The molecular weight excluding hydrogens is 380 g/mol. The van der Waals surface area contributed by atoms with Gasteiger partial charge in [-0.25, -0.2) is 4.98 Å². The Balaban J connectivity index is 1.76. The second kappa shape index (κ2) is 8.93. The molecule has 2 aromatic heterocycles. The molecule has 6 heteroatoms. The first kappa shape index (κ1) is 21.3. The van der Waals surface area contributed by atoms with Crippen LogP contribution in [0.4, 0.5) is 5.13 Å². The lowest BCUT2D eigenvalue weighted by atomic mass is 9.80. The molecule has 0 radical (unpaired) electrons. The number of benzene rings is 1. The highest BCUT2D eigenvalue weighted by atomic mass is 32.1. The summed E-state index contributed by atoms with van der Waals surface area (Å²) in [6, 6.07) is 12.5. The lowest BCUT2D eigenvalue weighted by Gasteiger charge is -2.25. The fourth-order valence-corrected chi connectivity index (χ4v) is 4.12. The number of hydrogen-bond donors (Lipinski definition) is 1. The Labute approximate surface area is 177 Å². The second-order valence-corrected chi connectivity index (χ2v) is 9.08. The van der Waals surface area contributed by atoms with Gasteiger partial charge in [0.1, 0.15) is 5.75 Å². The molecular formula is C23H30N4OS. The van der Waals surface area contributed by atoms with Gasteiger partial charge in [-0.05, 0) is 62.8 Å². The minimum Gasteiger partial charge on any atom is -0.494 e. The fraction of sp³-hybridized carbons (Fsp3) is 0.391. The lowest BCUT2D eigenvalue weighted by molar-refractivity contribution is 0.281. The third-order valence-electron chi connectivity index (χ3n) is 5.07. The molecule has 0 atom stereocenters. The number of hydrogen-bond acceptors (Lipinski definition) is 6. The molecule has 0 unspecified atom stereocenters. The summed E-state index contributed by atoms with van der Waals surface area (Å²) in [5.74, 6) is 0.903. The van der Waals surface area contributed by atoms with E-state index in [0.717, 1.165) is 47.2 Å². The Bertz CT molecular complexity index is 948. The van der Waals surface area contributed by atoms with E-state index in [1.807, 2.05) is 31.3 Å². The second-order valence-electron chi connectivity index (χ2n) is 8.05. The summed E-state index contributed by atoms with van der Waals surface area (Å²) >= 11 is 1.51. The maximum absolute atomic E-state index is 5.88. The zero-order valence-corrected chi connectivity index (χ0v) is 18.7. The van der Waals surface area contributed by atoms with E-state index in [1.54, 1.807) is 0 Å². The summed E-state index contributed by atoms with van der Waals surface area (Å²) in [5, 5.41) is 0.594. The van der Waals surface area contributed by atoms with Crippen LogP contribution in [0.3, 0.4) is 0 Å². The van der Waals surface area contributed by atoms with Crippen molar-refractivity contribution in [3.05, 3.63) is 59.5 Å². The van der Waals surface area contributed by atoms with Gasteiger partial charge in [0.25, 0.3) is 0 Å². The molecule has 29 heavy (non-hydrogen) atoms. The molecule has 5 nitrogen and oxygen atoms in total. The smallest absolute Gasteiger partial charge is 0.180 e. The molecule has 1 aromatic carbocycles. The predicted octanol–water partition coefficient (Wildman–Crippen LogP) is 4.75. The normalized spacial score (nSPS) is 11.8. The van der Waals surface area contributed by atoms with Crippen LogP contribution in [0, 0.1) is 6.92 Å². The number of aryl methyl sites for hydroxylation is 1. The van der Waals surface area contributed by atoms with E-state index in [-0.39, 0.29) is 5.41 Å². The fourth-order valence-electron chi connectivity index (χ4n) is 3.29. The number of thiazole rings is 1. The summed E-state index contributed by atoms with van der Waals surface area (Å²) in [6.07, 6.45) is 2.88. The van der Waals surface area contributed by atoms with Gasteiger partial charge in [-0.2, -0.15) is 0 Å². The molecule has 0 fully saturated rings. The first-order valence-corrected chi connectivity index (χ1v) is 10.7. The quantitative estimate of drug-likeness (QED) is 0.543. The molecule has 3 aromatic rings. The van der Waals surface area contributed by atoms with Crippen LogP contribution < -0.4 is 10.5 Å². The SMILES string of the molecule is Cc1nc(N)sc1-c1ccnc(C(C)(C)c2ccc(OCCCN(C)C)cc2)c1. The zero-order valence-electron chi connectivity index (χ0n) is 17.9. The maximum Gasteiger partial charge on any atom is 0.180 e. The Hall–Kier alpha value is -2.44. The highest BCUT2D eigenvalue weighted by Gasteiger charge is 2.25. The van der Waals surface area contributed by atoms with Gasteiger partial charge in [-0.3, -0.25) is 4.98 Å². The van der Waals surface area contributed by atoms with Crippen LogP contribution in [0.25, 0.3) is 10.4 Å². The molecule has 0 aliphatic carbocycles. The van der Waals surface area contributed by atoms with Gasteiger partial charge in [0, 0.05) is 18.2 Å². The number of anilines is 1. The van der Waals surface area contributed by atoms with Gasteiger partial charge in [0.2, 0.25) is 0 Å². The van der Waals surface area contributed by atoms with E-state index in [0.29, 0.717) is 5.13 Å². The van der Waals surface area contributed by atoms with Crippen LogP contribution in [0.1, 0.15) is 37.2 Å². The number of nitrogens with zero attached hydrogens (tertiary/aromatic N) is 3. The van der Waals surface area contributed by atoms with Crippen molar-refractivity contribution in [2.24, 2.45) is 0 Å². The van der Waals surface area contributed by atoms with Crippen molar-refractivity contribution >= 4 is 16.5 Å². The van der Waals surface area contributed by atoms with Crippen molar-refractivity contribution in [3.8, 4) is 16.2 Å². The van der Waals surface area contributed by atoms with Crippen molar-refractivity contribution in [1.82, 2.24) is 14.9 Å². The van der Waals surface area contributed by atoms with Gasteiger partial charge < -0.3 is 15.4 Å². The molecule has 154 valence electrons. The third-order valence-corrected chi connectivity index (χ3v) is 6.11. The van der Waals surface area contributed by atoms with Gasteiger partial charge in [0.15, 0.2) is 5.13 Å². The van der Waals surface area contributed by atoms with E-state index in [9.17, 15) is 0 Å². The maximum atomic E-state index is 5.88. The van der Waals surface area contributed by atoms with E-state index in [4.69, 9.17) is 10.5 Å². The van der Waals surface area contributed by atoms with Crippen molar-refractivity contribution < 1.29 is 4.74 Å². The minimum absolute atomic E-state index is 0.233. The summed E-state index contributed by atoms with van der Waals surface area (Å²) in [4.78, 5) is 12.3. The number of nitrogen functional groups attached to an aromatic ring is 1. The number of nitrogens with two attached hydrogens (primary N) is 1. The topological polar surface area (TPSA) is 64.3 Å². The van der Waals surface area contributed by atoms with Gasteiger partial charge in [-0.1, -0.05) is 37.3 Å². The molecule has 2 N–H and O–H groups in total. The van der Waals surface area contributed by atoms with E-state index < -0.39 is 0 Å². The molecule has 0 spiro atoms. The Kier molecular flexibility index (Phi) is 6.55. The average Bonchev–Trinajstić information content (AvgIpc) is 3.03. The molecule has 0 amide bonds. The first-order valence-electron chi connectivity index (χ1n) is 9.85. The lowest BCUT2D eigenvalue weighted by Crippen LogP contribution is -2.20. The van der Waals surface area contributed by atoms with Crippen molar-refractivity contribution in [2.75, 3.05) is 33.0 Å². The Morgan fingerprint density at radius 3 is 2.48 bits per heavy atom. The van der Waals surface area contributed by atoms with E-state index >= 15 is 0 Å². The molecule has 3 rings (SSSR count). The standard InChI is InChI=1S/C23H30N4OS/c1-16-21(29-22(24)26-16)17-11-12-25-20(15-17)23(2,3)18-7-9-19(10-8-18)28-14-6-13-27(4)5/h7-12,15H,6,13-14H2,1-5H3,(H2,24,26). The van der Waals surface area contributed by atoms with E-state index in [2.05, 4.69) is 61.0 Å².